The van der Waals surface area contributed by atoms with Crippen molar-refractivity contribution in [2.45, 2.75) is 19.5 Å². The molecule has 0 aromatic heterocycles. The quantitative estimate of drug-likeness (QED) is 0.919. The molecule has 1 aliphatic rings. The summed E-state index contributed by atoms with van der Waals surface area (Å²) in [5.41, 5.74) is 1.98. The molecule has 1 aromatic carbocycles. The summed E-state index contributed by atoms with van der Waals surface area (Å²) in [7, 11) is 4.07. The van der Waals surface area contributed by atoms with Crippen molar-refractivity contribution < 1.29 is 4.79 Å². The van der Waals surface area contributed by atoms with Gasteiger partial charge in [-0.2, -0.15) is 0 Å². The molecule has 0 aliphatic carbocycles. The van der Waals surface area contributed by atoms with Gasteiger partial charge in [0.05, 0.1) is 0 Å². The molecule has 1 fully saturated rings. The Bertz CT molecular complexity index is 454. The highest BCUT2D eigenvalue weighted by Crippen LogP contribution is 2.13. The van der Waals surface area contributed by atoms with E-state index in [1.807, 2.05) is 37.2 Å². The maximum atomic E-state index is 12.5. The zero-order valence-electron chi connectivity index (χ0n) is 12.8. The van der Waals surface area contributed by atoms with Crippen LogP contribution in [0.3, 0.4) is 0 Å². The van der Waals surface area contributed by atoms with E-state index in [1.54, 1.807) is 0 Å². The predicted octanol–water partition coefficient (Wildman–Crippen LogP) is 2.03. The van der Waals surface area contributed by atoms with Gasteiger partial charge in [0.15, 0.2) is 0 Å². The second-order valence-electron chi connectivity index (χ2n) is 5.49. The van der Waals surface area contributed by atoms with Crippen LogP contribution >= 0.6 is 24.8 Å². The monoisotopic (exact) mass is 333 g/mol. The highest BCUT2D eigenvalue weighted by atomic mass is 35.5. The van der Waals surface area contributed by atoms with Gasteiger partial charge in [-0.3, -0.25) is 4.79 Å². The van der Waals surface area contributed by atoms with Gasteiger partial charge in [-0.25, -0.2) is 0 Å². The smallest absolute Gasteiger partial charge is 0.254 e. The first-order chi connectivity index (χ1) is 9.08. The van der Waals surface area contributed by atoms with Gasteiger partial charge < -0.3 is 15.1 Å². The van der Waals surface area contributed by atoms with E-state index in [0.717, 1.165) is 31.7 Å². The van der Waals surface area contributed by atoms with Crippen molar-refractivity contribution in [3.63, 3.8) is 0 Å². The fourth-order valence-electron chi connectivity index (χ4n) is 2.48. The Labute approximate surface area is 139 Å². The van der Waals surface area contributed by atoms with Gasteiger partial charge >= 0.3 is 0 Å². The predicted molar refractivity (Wildman–Crippen MR) is 91.7 cm³/mol. The Morgan fingerprint density at radius 1 is 1.38 bits per heavy atom. The average molecular weight is 334 g/mol. The van der Waals surface area contributed by atoms with Crippen molar-refractivity contribution in [3.05, 3.63) is 35.4 Å². The largest absolute Gasteiger partial charge is 0.333 e. The number of nitrogens with one attached hydrogen (secondary N) is 1. The van der Waals surface area contributed by atoms with Crippen LogP contribution in [0.1, 0.15) is 22.8 Å². The summed E-state index contributed by atoms with van der Waals surface area (Å²) in [6.45, 7) is 5.50. The minimum atomic E-state index is 0. The number of halogens is 2. The molecule has 1 atom stereocenters. The zero-order valence-corrected chi connectivity index (χ0v) is 14.5. The number of benzene rings is 1. The third-order valence-electron chi connectivity index (χ3n) is 3.43. The number of hydrogen-bond acceptors (Lipinski definition) is 3. The maximum absolute atomic E-state index is 12.5. The van der Waals surface area contributed by atoms with Crippen LogP contribution in [-0.4, -0.2) is 55.5 Å². The van der Waals surface area contributed by atoms with Crippen LogP contribution in [0.5, 0.6) is 0 Å². The summed E-state index contributed by atoms with van der Waals surface area (Å²) in [4.78, 5) is 16.6. The molecule has 0 radical (unpaired) electrons. The number of carbonyl (C=O) groups excluding carboxylic acids is 1. The van der Waals surface area contributed by atoms with Crippen molar-refractivity contribution in [1.82, 2.24) is 15.1 Å². The molecule has 1 aliphatic heterocycles. The summed E-state index contributed by atoms with van der Waals surface area (Å²) in [6.07, 6.45) is 0. The van der Waals surface area contributed by atoms with E-state index >= 15 is 0 Å². The first kappa shape index (κ1) is 20.2. The minimum Gasteiger partial charge on any atom is -0.333 e. The van der Waals surface area contributed by atoms with E-state index in [-0.39, 0.29) is 36.8 Å². The van der Waals surface area contributed by atoms with Gasteiger partial charge in [0, 0.05) is 37.8 Å². The Balaban J connectivity index is 0.00000200. The van der Waals surface area contributed by atoms with E-state index in [2.05, 4.69) is 23.2 Å². The molecule has 120 valence electrons. The van der Waals surface area contributed by atoms with Gasteiger partial charge in [0.2, 0.25) is 0 Å². The molecular weight excluding hydrogens is 309 g/mol. The number of piperazine rings is 1. The molecule has 0 spiro atoms. The van der Waals surface area contributed by atoms with E-state index in [0.29, 0.717) is 0 Å². The third kappa shape index (κ3) is 5.47. The lowest BCUT2D eigenvalue weighted by atomic mass is 10.1. The highest BCUT2D eigenvalue weighted by molar-refractivity contribution is 5.94. The molecule has 4 nitrogen and oxygen atoms in total. The lowest BCUT2D eigenvalue weighted by Gasteiger charge is -2.34. The molecule has 21 heavy (non-hydrogen) atoms. The van der Waals surface area contributed by atoms with Crippen molar-refractivity contribution in [1.29, 1.82) is 0 Å². The van der Waals surface area contributed by atoms with Crippen LogP contribution in [0.2, 0.25) is 0 Å². The van der Waals surface area contributed by atoms with Gasteiger partial charge in [-0.05, 0) is 38.7 Å². The Morgan fingerprint density at radius 2 is 2.10 bits per heavy atom. The number of hydrogen-bond donors (Lipinski definition) is 1. The Morgan fingerprint density at radius 3 is 2.71 bits per heavy atom. The van der Waals surface area contributed by atoms with Crippen molar-refractivity contribution in [2.75, 3.05) is 33.7 Å². The van der Waals surface area contributed by atoms with E-state index in [9.17, 15) is 4.79 Å². The summed E-state index contributed by atoms with van der Waals surface area (Å²) in [6, 6.07) is 8.23. The number of rotatable bonds is 3. The topological polar surface area (TPSA) is 35.6 Å². The molecule has 0 unspecified atom stereocenters. The molecule has 1 amide bonds. The van der Waals surface area contributed by atoms with E-state index in [1.165, 1.54) is 5.56 Å². The second-order valence-corrected chi connectivity index (χ2v) is 5.49. The summed E-state index contributed by atoms with van der Waals surface area (Å²) in [5.74, 6) is 0.148. The number of nitrogens with zero attached hydrogens (tertiary/aromatic N) is 2. The van der Waals surface area contributed by atoms with Crippen LogP contribution in [0.15, 0.2) is 24.3 Å². The Kier molecular flexibility index (Phi) is 8.90. The van der Waals surface area contributed by atoms with Gasteiger partial charge in [-0.15, -0.1) is 24.8 Å². The maximum Gasteiger partial charge on any atom is 0.254 e. The molecule has 1 aromatic rings. The molecule has 2 rings (SSSR count). The number of amides is 1. The van der Waals surface area contributed by atoms with Crippen molar-refractivity contribution in [3.8, 4) is 0 Å². The van der Waals surface area contributed by atoms with Crippen LogP contribution in [-0.2, 0) is 6.54 Å². The summed E-state index contributed by atoms with van der Waals surface area (Å²) in [5, 5.41) is 3.31. The molecule has 6 heteroatoms. The standard InChI is InChI=1S/C15H23N3O.2ClH/c1-12-10-16-7-8-18(12)15(19)14-6-4-5-13(9-14)11-17(2)3;;/h4-6,9,12,16H,7-8,10-11H2,1-3H3;2*1H/t12-;;/m0../s1. The van der Waals surface area contributed by atoms with Crippen LogP contribution in [0.25, 0.3) is 0 Å². The third-order valence-corrected chi connectivity index (χ3v) is 3.43. The van der Waals surface area contributed by atoms with Crippen molar-refractivity contribution in [2.24, 2.45) is 0 Å². The van der Waals surface area contributed by atoms with Crippen molar-refractivity contribution >= 4 is 30.7 Å². The van der Waals surface area contributed by atoms with Gasteiger partial charge in [-0.1, -0.05) is 12.1 Å². The Hall–Kier alpha value is -0.810. The van der Waals surface area contributed by atoms with Crippen LogP contribution in [0, 0.1) is 0 Å². The number of carbonyl (C=O) groups is 1. The van der Waals surface area contributed by atoms with Gasteiger partial charge in [0.25, 0.3) is 5.91 Å². The van der Waals surface area contributed by atoms with Gasteiger partial charge in [0.1, 0.15) is 0 Å². The van der Waals surface area contributed by atoms with E-state index in [4.69, 9.17) is 0 Å². The molecule has 1 N–H and O–H groups in total. The highest BCUT2D eigenvalue weighted by Gasteiger charge is 2.23. The van der Waals surface area contributed by atoms with E-state index < -0.39 is 0 Å². The van der Waals surface area contributed by atoms with Crippen LogP contribution < -0.4 is 5.32 Å². The summed E-state index contributed by atoms with van der Waals surface area (Å²) >= 11 is 0. The first-order valence-corrected chi connectivity index (χ1v) is 6.83. The first-order valence-electron chi connectivity index (χ1n) is 6.83. The summed E-state index contributed by atoms with van der Waals surface area (Å²) < 4.78 is 0. The normalized spacial score (nSPS) is 17.9. The lowest BCUT2D eigenvalue weighted by Crippen LogP contribution is -2.52. The molecule has 1 heterocycles. The molecule has 1 saturated heterocycles. The zero-order chi connectivity index (χ0) is 13.8. The van der Waals surface area contributed by atoms with Crippen LogP contribution in [0.4, 0.5) is 0 Å². The minimum absolute atomic E-state index is 0. The molecular formula is C15H25Cl2N3O. The molecule has 0 bridgehead atoms. The lowest BCUT2D eigenvalue weighted by molar-refractivity contribution is 0.0655. The molecule has 0 saturated carbocycles. The SMILES string of the molecule is C[C@H]1CNCCN1C(=O)c1cccc(CN(C)C)c1.Cl.Cl. The second kappa shape index (κ2) is 9.26. The average Bonchev–Trinajstić information content (AvgIpc) is 2.38. The fraction of sp³-hybridized carbons (Fsp3) is 0.533. The fourth-order valence-corrected chi connectivity index (χ4v) is 2.48.